The molecule has 1 atom stereocenters. The summed E-state index contributed by atoms with van der Waals surface area (Å²) in [6.45, 7) is 1.89. The number of hydrogen-bond donors (Lipinski definition) is 2. The van der Waals surface area contributed by atoms with Gasteiger partial charge in [0.2, 0.25) is 10.0 Å². The number of sulfonamides is 1. The Kier molecular flexibility index (Phi) is 6.03. The second kappa shape index (κ2) is 6.95. The van der Waals surface area contributed by atoms with Crippen LogP contribution >= 0.6 is 12.4 Å². The summed E-state index contributed by atoms with van der Waals surface area (Å²) in [6, 6.07) is 3.48. The van der Waals surface area contributed by atoms with E-state index in [1.807, 2.05) is 0 Å². The van der Waals surface area contributed by atoms with E-state index in [2.05, 4.69) is 10.0 Å². The SMILES string of the molecule is Cl.O=S(=O)(NCC1CCNC1)c1ccc(C(F)(F)F)cc1. The zero-order valence-electron chi connectivity index (χ0n) is 11.0. The molecule has 0 saturated carbocycles. The molecular weight excluding hydrogens is 329 g/mol. The number of benzene rings is 1. The van der Waals surface area contributed by atoms with Crippen molar-refractivity contribution < 1.29 is 21.6 Å². The fourth-order valence-electron chi connectivity index (χ4n) is 2.02. The summed E-state index contributed by atoms with van der Waals surface area (Å²) in [4.78, 5) is -0.156. The van der Waals surface area contributed by atoms with E-state index in [9.17, 15) is 21.6 Å². The molecule has 1 aliphatic heterocycles. The van der Waals surface area contributed by atoms with Crippen LogP contribution in [0.25, 0.3) is 0 Å². The average molecular weight is 345 g/mol. The number of alkyl halides is 3. The van der Waals surface area contributed by atoms with Crippen molar-refractivity contribution in [3.8, 4) is 0 Å². The Hall–Kier alpha value is -0.830. The van der Waals surface area contributed by atoms with Crippen LogP contribution < -0.4 is 10.0 Å². The van der Waals surface area contributed by atoms with Crippen LogP contribution in [0.5, 0.6) is 0 Å². The Labute approximate surface area is 127 Å². The van der Waals surface area contributed by atoms with Gasteiger partial charge in [0.25, 0.3) is 0 Å². The van der Waals surface area contributed by atoms with Crippen molar-refractivity contribution in [3.05, 3.63) is 29.8 Å². The normalized spacial score (nSPS) is 19.3. The molecule has 9 heteroatoms. The maximum Gasteiger partial charge on any atom is 0.416 e. The van der Waals surface area contributed by atoms with Gasteiger partial charge in [-0.15, -0.1) is 12.4 Å². The molecule has 1 aliphatic rings. The first-order chi connectivity index (χ1) is 9.29. The number of rotatable bonds is 4. The summed E-state index contributed by atoms with van der Waals surface area (Å²) in [7, 11) is -3.76. The van der Waals surface area contributed by atoms with Gasteiger partial charge < -0.3 is 5.32 Å². The Morgan fingerprint density at radius 1 is 1.24 bits per heavy atom. The lowest BCUT2D eigenvalue weighted by Crippen LogP contribution is -2.30. The topological polar surface area (TPSA) is 58.2 Å². The van der Waals surface area contributed by atoms with Crippen LogP contribution in [0.2, 0.25) is 0 Å². The molecule has 1 aromatic rings. The van der Waals surface area contributed by atoms with Crippen LogP contribution in [0.15, 0.2) is 29.2 Å². The van der Waals surface area contributed by atoms with Crippen molar-refractivity contribution in [2.45, 2.75) is 17.5 Å². The molecule has 0 amide bonds. The maximum atomic E-state index is 12.4. The van der Waals surface area contributed by atoms with E-state index in [1.165, 1.54) is 0 Å². The van der Waals surface area contributed by atoms with Gasteiger partial charge in [0.05, 0.1) is 10.5 Å². The number of nitrogens with one attached hydrogen (secondary N) is 2. The summed E-state index contributed by atoms with van der Waals surface area (Å²) in [5.74, 6) is 0.222. The minimum atomic E-state index is -4.47. The van der Waals surface area contributed by atoms with E-state index in [1.54, 1.807) is 0 Å². The number of halogens is 4. The van der Waals surface area contributed by atoms with Gasteiger partial charge >= 0.3 is 6.18 Å². The van der Waals surface area contributed by atoms with E-state index < -0.39 is 21.8 Å². The van der Waals surface area contributed by atoms with Gasteiger partial charge in [-0.25, -0.2) is 13.1 Å². The average Bonchev–Trinajstić information content (AvgIpc) is 2.89. The van der Waals surface area contributed by atoms with E-state index in [4.69, 9.17) is 0 Å². The standard InChI is InChI=1S/C12H15F3N2O2S.ClH/c13-12(14,15)10-1-3-11(4-2-10)20(18,19)17-8-9-5-6-16-7-9;/h1-4,9,16-17H,5-8H2;1H. The van der Waals surface area contributed by atoms with Crippen molar-refractivity contribution in [1.82, 2.24) is 10.0 Å². The van der Waals surface area contributed by atoms with Crippen molar-refractivity contribution in [3.63, 3.8) is 0 Å². The van der Waals surface area contributed by atoms with Gasteiger partial charge in [-0.05, 0) is 49.7 Å². The zero-order chi connectivity index (χ0) is 14.8. The minimum absolute atomic E-state index is 0. The third kappa shape index (κ3) is 4.84. The molecule has 0 aliphatic carbocycles. The first kappa shape index (κ1) is 18.2. The van der Waals surface area contributed by atoms with Crippen molar-refractivity contribution >= 4 is 22.4 Å². The molecule has 0 bridgehead atoms. The molecule has 1 unspecified atom stereocenters. The smallest absolute Gasteiger partial charge is 0.316 e. The van der Waals surface area contributed by atoms with E-state index in [-0.39, 0.29) is 29.8 Å². The molecule has 1 aromatic carbocycles. The highest BCUT2D eigenvalue weighted by molar-refractivity contribution is 7.89. The first-order valence-corrected chi connectivity index (χ1v) is 7.65. The third-order valence-electron chi connectivity index (χ3n) is 3.22. The Bertz CT molecular complexity index is 555. The minimum Gasteiger partial charge on any atom is -0.316 e. The molecular formula is C12H16ClF3N2O2S. The van der Waals surface area contributed by atoms with Gasteiger partial charge in [-0.3, -0.25) is 0 Å². The second-order valence-corrected chi connectivity index (χ2v) is 6.50. The van der Waals surface area contributed by atoms with Crippen molar-refractivity contribution in [2.24, 2.45) is 5.92 Å². The van der Waals surface area contributed by atoms with Gasteiger partial charge in [-0.1, -0.05) is 0 Å². The lowest BCUT2D eigenvalue weighted by atomic mass is 10.1. The maximum absolute atomic E-state index is 12.4. The largest absolute Gasteiger partial charge is 0.416 e. The predicted octanol–water partition coefficient (Wildman–Crippen LogP) is 2.01. The fraction of sp³-hybridized carbons (Fsp3) is 0.500. The molecule has 1 fully saturated rings. The predicted molar refractivity (Wildman–Crippen MR) is 74.9 cm³/mol. The summed E-state index contributed by atoms with van der Waals surface area (Å²) in [5.41, 5.74) is -0.864. The fourth-order valence-corrected chi connectivity index (χ4v) is 3.14. The molecule has 0 radical (unpaired) electrons. The molecule has 1 heterocycles. The molecule has 4 nitrogen and oxygen atoms in total. The third-order valence-corrected chi connectivity index (χ3v) is 4.66. The van der Waals surface area contributed by atoms with Crippen LogP contribution in [0, 0.1) is 5.92 Å². The van der Waals surface area contributed by atoms with Crippen LogP contribution in [-0.4, -0.2) is 28.1 Å². The van der Waals surface area contributed by atoms with E-state index in [0.717, 1.165) is 43.8 Å². The van der Waals surface area contributed by atoms with E-state index in [0.29, 0.717) is 0 Å². The van der Waals surface area contributed by atoms with Crippen LogP contribution in [0.4, 0.5) is 13.2 Å². The quantitative estimate of drug-likeness (QED) is 0.878. The van der Waals surface area contributed by atoms with Crippen LogP contribution in [-0.2, 0) is 16.2 Å². The van der Waals surface area contributed by atoms with Gasteiger partial charge in [0.15, 0.2) is 0 Å². The van der Waals surface area contributed by atoms with Crippen LogP contribution in [0.1, 0.15) is 12.0 Å². The summed E-state index contributed by atoms with van der Waals surface area (Å²) >= 11 is 0. The van der Waals surface area contributed by atoms with Crippen molar-refractivity contribution in [1.29, 1.82) is 0 Å². The summed E-state index contributed by atoms with van der Waals surface area (Å²) < 4.78 is 63.5. The Balaban J connectivity index is 0.00000220. The van der Waals surface area contributed by atoms with Gasteiger partial charge in [0, 0.05) is 6.54 Å². The van der Waals surface area contributed by atoms with Gasteiger partial charge in [-0.2, -0.15) is 13.2 Å². The Morgan fingerprint density at radius 3 is 2.33 bits per heavy atom. The number of hydrogen-bond acceptors (Lipinski definition) is 3. The molecule has 0 spiro atoms. The first-order valence-electron chi connectivity index (χ1n) is 6.17. The molecule has 2 N–H and O–H groups in total. The highest BCUT2D eigenvalue weighted by Crippen LogP contribution is 2.29. The van der Waals surface area contributed by atoms with Crippen molar-refractivity contribution in [2.75, 3.05) is 19.6 Å². The zero-order valence-corrected chi connectivity index (χ0v) is 12.6. The van der Waals surface area contributed by atoms with Gasteiger partial charge in [0.1, 0.15) is 0 Å². The van der Waals surface area contributed by atoms with E-state index >= 15 is 0 Å². The molecule has 21 heavy (non-hydrogen) atoms. The molecule has 120 valence electrons. The second-order valence-electron chi connectivity index (χ2n) is 4.73. The lowest BCUT2D eigenvalue weighted by Gasteiger charge is -2.12. The monoisotopic (exact) mass is 344 g/mol. The van der Waals surface area contributed by atoms with Crippen LogP contribution in [0.3, 0.4) is 0 Å². The Morgan fingerprint density at radius 2 is 1.86 bits per heavy atom. The molecule has 2 rings (SSSR count). The molecule has 1 saturated heterocycles. The summed E-state index contributed by atoms with van der Waals surface area (Å²) in [5, 5.41) is 3.11. The lowest BCUT2D eigenvalue weighted by molar-refractivity contribution is -0.137. The summed E-state index contributed by atoms with van der Waals surface area (Å²) in [6.07, 6.45) is -3.58. The molecule has 0 aromatic heterocycles. The highest BCUT2D eigenvalue weighted by atomic mass is 35.5. The highest BCUT2D eigenvalue weighted by Gasteiger charge is 2.30.